The topological polar surface area (TPSA) is 49.9 Å². The molecule has 0 aromatic heterocycles. The van der Waals surface area contributed by atoms with Gasteiger partial charge in [-0.3, -0.25) is 4.90 Å². The van der Waals surface area contributed by atoms with Crippen molar-refractivity contribution in [3.63, 3.8) is 0 Å². The van der Waals surface area contributed by atoms with Crippen LogP contribution in [0.15, 0.2) is 23.1 Å². The first-order chi connectivity index (χ1) is 9.86. The summed E-state index contributed by atoms with van der Waals surface area (Å²) in [6.07, 6.45) is 0. The zero-order valence-electron chi connectivity index (χ0n) is 11.8. The van der Waals surface area contributed by atoms with Crippen LogP contribution in [0.5, 0.6) is 5.75 Å². The molecule has 0 unspecified atom stereocenters. The predicted molar refractivity (Wildman–Crippen MR) is 83.9 cm³/mol. The van der Waals surface area contributed by atoms with E-state index in [0.29, 0.717) is 11.6 Å². The molecular formula is C13H18Cl2N2O3S. The highest BCUT2D eigenvalue weighted by molar-refractivity contribution is 8.13. The maximum absolute atomic E-state index is 11.5. The third kappa shape index (κ3) is 5.00. The Labute approximate surface area is 134 Å². The first-order valence-electron chi connectivity index (χ1n) is 6.64. The van der Waals surface area contributed by atoms with Gasteiger partial charge in [0.05, 0.1) is 0 Å². The first kappa shape index (κ1) is 16.8. The number of benzene rings is 1. The fourth-order valence-corrected chi connectivity index (χ4v) is 3.38. The lowest BCUT2D eigenvalue weighted by Crippen LogP contribution is -2.45. The fourth-order valence-electron chi connectivity index (χ4n) is 2.15. The molecule has 2 rings (SSSR count). The molecule has 0 saturated carbocycles. The van der Waals surface area contributed by atoms with Crippen molar-refractivity contribution >= 4 is 31.3 Å². The molecule has 0 bridgehead atoms. The van der Waals surface area contributed by atoms with Gasteiger partial charge in [0, 0.05) is 48.4 Å². The van der Waals surface area contributed by atoms with E-state index in [1.165, 1.54) is 12.1 Å². The summed E-state index contributed by atoms with van der Waals surface area (Å²) in [5.74, 6) is 0.239. The summed E-state index contributed by atoms with van der Waals surface area (Å²) in [5.41, 5.74) is 0. The van der Waals surface area contributed by atoms with E-state index in [1.54, 1.807) is 6.07 Å². The van der Waals surface area contributed by atoms with E-state index in [9.17, 15) is 8.42 Å². The number of likely N-dealkylation sites (N-methyl/N-ethyl adjacent to an activating group) is 1. The molecule has 0 aliphatic carbocycles. The van der Waals surface area contributed by atoms with Gasteiger partial charge in [0.25, 0.3) is 9.05 Å². The van der Waals surface area contributed by atoms with Crippen molar-refractivity contribution in [2.45, 2.75) is 4.90 Å². The first-order valence-corrected chi connectivity index (χ1v) is 9.33. The zero-order chi connectivity index (χ0) is 15.5. The van der Waals surface area contributed by atoms with Crippen LogP contribution in [0.4, 0.5) is 0 Å². The summed E-state index contributed by atoms with van der Waals surface area (Å²) in [6, 6.07) is 4.41. The smallest absolute Gasteiger partial charge is 0.265 e. The van der Waals surface area contributed by atoms with Crippen LogP contribution in [0.1, 0.15) is 0 Å². The fraction of sp³-hybridized carbons (Fsp3) is 0.538. The highest BCUT2D eigenvalue weighted by Gasteiger charge is 2.18. The van der Waals surface area contributed by atoms with Gasteiger partial charge in [-0.25, -0.2) is 8.42 Å². The van der Waals surface area contributed by atoms with E-state index in [-0.39, 0.29) is 10.6 Å². The van der Waals surface area contributed by atoms with E-state index in [2.05, 4.69) is 16.8 Å². The van der Waals surface area contributed by atoms with Gasteiger partial charge in [-0.15, -0.1) is 0 Å². The maximum atomic E-state index is 11.5. The van der Waals surface area contributed by atoms with Crippen LogP contribution in [-0.4, -0.2) is 64.6 Å². The highest BCUT2D eigenvalue weighted by Crippen LogP contribution is 2.29. The van der Waals surface area contributed by atoms with E-state index < -0.39 is 9.05 Å². The number of ether oxygens (including phenoxy) is 1. The summed E-state index contributed by atoms with van der Waals surface area (Å²) < 4.78 is 28.6. The summed E-state index contributed by atoms with van der Waals surface area (Å²) in [4.78, 5) is 4.47. The summed E-state index contributed by atoms with van der Waals surface area (Å²) in [6.45, 7) is 5.19. The number of hydrogen-bond donors (Lipinski definition) is 0. The second-order valence-corrected chi connectivity index (χ2v) is 7.99. The molecule has 0 radical (unpaired) electrons. The molecule has 0 N–H and O–H groups in total. The Bertz CT molecular complexity index is 587. The van der Waals surface area contributed by atoms with Crippen LogP contribution in [0.3, 0.4) is 0 Å². The van der Waals surface area contributed by atoms with Gasteiger partial charge in [-0.05, 0) is 25.2 Å². The normalized spacial score (nSPS) is 17.9. The molecule has 1 saturated heterocycles. The van der Waals surface area contributed by atoms with Crippen molar-refractivity contribution in [3.05, 3.63) is 23.2 Å². The molecule has 0 amide bonds. The van der Waals surface area contributed by atoms with Gasteiger partial charge in [0.1, 0.15) is 17.3 Å². The molecular weight excluding hydrogens is 335 g/mol. The monoisotopic (exact) mass is 352 g/mol. The molecule has 1 aliphatic rings. The average Bonchev–Trinajstić information content (AvgIpc) is 2.41. The molecule has 0 atom stereocenters. The zero-order valence-corrected chi connectivity index (χ0v) is 14.1. The van der Waals surface area contributed by atoms with E-state index >= 15 is 0 Å². The molecule has 1 aliphatic heterocycles. The maximum Gasteiger partial charge on any atom is 0.265 e. The van der Waals surface area contributed by atoms with E-state index in [4.69, 9.17) is 27.0 Å². The van der Waals surface area contributed by atoms with E-state index in [1.807, 2.05) is 0 Å². The molecule has 5 nitrogen and oxygen atoms in total. The SMILES string of the molecule is CN1CCN(CCOc2ccc(Cl)cc2S(=O)(=O)Cl)CC1. The largest absolute Gasteiger partial charge is 0.491 e. The molecule has 8 heteroatoms. The second-order valence-electron chi connectivity index (χ2n) is 5.02. The Morgan fingerprint density at radius 3 is 2.52 bits per heavy atom. The molecule has 0 spiro atoms. The Balaban J connectivity index is 1.94. The van der Waals surface area contributed by atoms with E-state index in [0.717, 1.165) is 32.7 Å². The molecule has 1 aromatic rings. The number of rotatable bonds is 5. The van der Waals surface area contributed by atoms with Gasteiger partial charge in [0.15, 0.2) is 0 Å². The van der Waals surface area contributed by atoms with Gasteiger partial charge in [-0.1, -0.05) is 11.6 Å². The van der Waals surface area contributed by atoms with Crippen LogP contribution >= 0.6 is 22.3 Å². The van der Waals surface area contributed by atoms with Gasteiger partial charge < -0.3 is 9.64 Å². The predicted octanol–water partition coefficient (Wildman–Crippen LogP) is 1.89. The van der Waals surface area contributed by atoms with Crippen LogP contribution in [0, 0.1) is 0 Å². The third-order valence-corrected chi connectivity index (χ3v) is 5.01. The number of piperazine rings is 1. The molecule has 21 heavy (non-hydrogen) atoms. The highest BCUT2D eigenvalue weighted by atomic mass is 35.7. The Hall–Kier alpha value is -0.530. The standard InChI is InChI=1S/C13H18Cl2N2O3S/c1-16-4-6-17(7-5-16)8-9-20-12-3-2-11(14)10-13(12)21(15,18)19/h2-3,10H,4-9H2,1H3. The van der Waals surface area contributed by atoms with Crippen molar-refractivity contribution in [1.82, 2.24) is 9.80 Å². The average molecular weight is 353 g/mol. The summed E-state index contributed by atoms with van der Waals surface area (Å²) in [5, 5.41) is 0.306. The number of nitrogens with zero attached hydrogens (tertiary/aromatic N) is 2. The number of halogens is 2. The Morgan fingerprint density at radius 1 is 1.24 bits per heavy atom. The third-order valence-electron chi connectivity index (χ3n) is 3.43. The molecule has 1 fully saturated rings. The lowest BCUT2D eigenvalue weighted by Gasteiger charge is -2.32. The number of hydrogen-bond acceptors (Lipinski definition) is 5. The van der Waals surface area contributed by atoms with Crippen LogP contribution in [0.2, 0.25) is 5.02 Å². The van der Waals surface area contributed by atoms with Crippen molar-refractivity contribution < 1.29 is 13.2 Å². The van der Waals surface area contributed by atoms with Crippen LogP contribution < -0.4 is 4.74 Å². The molecule has 1 heterocycles. The molecule has 118 valence electrons. The van der Waals surface area contributed by atoms with Crippen molar-refractivity contribution in [2.75, 3.05) is 46.4 Å². The van der Waals surface area contributed by atoms with Crippen LogP contribution in [-0.2, 0) is 9.05 Å². The van der Waals surface area contributed by atoms with Crippen molar-refractivity contribution in [1.29, 1.82) is 0 Å². The van der Waals surface area contributed by atoms with Gasteiger partial charge in [0.2, 0.25) is 0 Å². The quantitative estimate of drug-likeness (QED) is 0.757. The Morgan fingerprint density at radius 2 is 1.90 bits per heavy atom. The van der Waals surface area contributed by atoms with Crippen molar-refractivity contribution in [3.8, 4) is 5.75 Å². The second kappa shape index (κ2) is 7.15. The van der Waals surface area contributed by atoms with Crippen LogP contribution in [0.25, 0.3) is 0 Å². The minimum Gasteiger partial charge on any atom is -0.491 e. The summed E-state index contributed by atoms with van der Waals surface area (Å²) >= 11 is 5.80. The minimum absolute atomic E-state index is 0.0879. The lowest BCUT2D eigenvalue weighted by atomic mass is 10.3. The van der Waals surface area contributed by atoms with Gasteiger partial charge >= 0.3 is 0 Å². The Kier molecular flexibility index (Phi) is 5.73. The summed E-state index contributed by atoms with van der Waals surface area (Å²) in [7, 11) is 3.62. The van der Waals surface area contributed by atoms with Gasteiger partial charge in [-0.2, -0.15) is 0 Å². The molecule has 1 aromatic carbocycles. The van der Waals surface area contributed by atoms with Crippen molar-refractivity contribution in [2.24, 2.45) is 0 Å². The minimum atomic E-state index is -3.88. The lowest BCUT2D eigenvalue weighted by molar-refractivity contribution is 0.133.